The summed E-state index contributed by atoms with van der Waals surface area (Å²) in [6.45, 7) is 5.40. The van der Waals surface area contributed by atoms with Gasteiger partial charge in [0.2, 0.25) is 5.91 Å². The van der Waals surface area contributed by atoms with Gasteiger partial charge in [-0.2, -0.15) is 0 Å². The van der Waals surface area contributed by atoms with Gasteiger partial charge in [-0.15, -0.1) is 0 Å². The number of halogens is 1. The number of amides is 1. The summed E-state index contributed by atoms with van der Waals surface area (Å²) >= 11 is 2.53. The van der Waals surface area contributed by atoms with Gasteiger partial charge in [0, 0.05) is 17.0 Å². The first kappa shape index (κ1) is 10.5. The smallest absolute Gasteiger partial charge is 0.245 e. The maximum Gasteiger partial charge on any atom is 0.245 e. The van der Waals surface area contributed by atoms with Crippen molar-refractivity contribution in [2.24, 2.45) is 5.41 Å². The second-order valence-corrected chi connectivity index (χ2v) is 6.30. The van der Waals surface area contributed by atoms with Gasteiger partial charge in [0.15, 0.2) is 0 Å². The summed E-state index contributed by atoms with van der Waals surface area (Å²) in [7, 11) is 0. The molecule has 1 amide bonds. The van der Waals surface area contributed by atoms with Crippen LogP contribution in [0.25, 0.3) is 0 Å². The minimum Gasteiger partial charge on any atom is -0.339 e. The van der Waals surface area contributed by atoms with Gasteiger partial charge in [-0.1, -0.05) is 29.2 Å². The number of hydrogen-bond acceptors (Lipinski definition) is 1. The zero-order valence-corrected chi connectivity index (χ0v) is 10.5. The maximum absolute atomic E-state index is 11.4. The third kappa shape index (κ3) is 1.83. The summed E-state index contributed by atoms with van der Waals surface area (Å²) in [4.78, 5) is 13.3. The molecule has 1 aliphatic heterocycles. The van der Waals surface area contributed by atoms with E-state index in [2.05, 4.69) is 29.2 Å². The van der Waals surface area contributed by atoms with Crippen molar-refractivity contribution in [2.75, 3.05) is 13.1 Å². The molecule has 2 nitrogen and oxygen atoms in total. The summed E-state index contributed by atoms with van der Waals surface area (Å²) in [6.07, 6.45) is 6.56. The molecule has 0 aromatic heterocycles. The van der Waals surface area contributed by atoms with Gasteiger partial charge in [-0.05, 0) is 37.2 Å². The maximum atomic E-state index is 11.4. The molecule has 0 aromatic carbocycles. The molecule has 14 heavy (non-hydrogen) atoms. The molecule has 2 fully saturated rings. The van der Waals surface area contributed by atoms with Crippen molar-refractivity contribution in [3.05, 3.63) is 12.7 Å². The lowest BCUT2D eigenvalue weighted by Crippen LogP contribution is -2.48. The van der Waals surface area contributed by atoms with E-state index in [-0.39, 0.29) is 5.91 Å². The highest BCUT2D eigenvalue weighted by Gasteiger charge is 2.44. The van der Waals surface area contributed by atoms with Crippen molar-refractivity contribution in [1.82, 2.24) is 4.90 Å². The zero-order chi connectivity index (χ0) is 10.2. The molecule has 1 aliphatic carbocycles. The minimum atomic E-state index is 0.102. The van der Waals surface area contributed by atoms with Crippen LogP contribution < -0.4 is 0 Å². The molecule has 0 bridgehead atoms. The molecule has 2 aliphatic rings. The molecule has 78 valence electrons. The molecular weight excluding hydrogens is 289 g/mol. The van der Waals surface area contributed by atoms with Gasteiger partial charge in [0.1, 0.15) is 0 Å². The summed E-state index contributed by atoms with van der Waals surface area (Å²) in [5.41, 5.74) is 0.601. The Morgan fingerprint density at radius 3 is 2.43 bits per heavy atom. The number of hydrogen-bond donors (Lipinski definition) is 0. The molecule has 0 radical (unpaired) electrons. The zero-order valence-electron chi connectivity index (χ0n) is 8.34. The fourth-order valence-electron chi connectivity index (χ4n) is 2.62. The molecular formula is C11H16INO. The summed E-state index contributed by atoms with van der Waals surface area (Å²) in [5, 5.41) is 0. The monoisotopic (exact) mass is 305 g/mol. The van der Waals surface area contributed by atoms with Crippen molar-refractivity contribution >= 4 is 28.5 Å². The van der Waals surface area contributed by atoms with E-state index in [9.17, 15) is 4.79 Å². The van der Waals surface area contributed by atoms with E-state index >= 15 is 0 Å². The molecule has 1 spiro atoms. The van der Waals surface area contributed by atoms with Crippen molar-refractivity contribution in [3.63, 3.8) is 0 Å². The summed E-state index contributed by atoms with van der Waals surface area (Å²) < 4.78 is 0.884. The molecule has 0 atom stereocenters. The van der Waals surface area contributed by atoms with Gasteiger partial charge in [0.25, 0.3) is 0 Å². The molecule has 1 heterocycles. The second kappa shape index (κ2) is 3.83. The van der Waals surface area contributed by atoms with Gasteiger partial charge in [-0.3, -0.25) is 4.79 Å². The second-order valence-electron chi connectivity index (χ2n) is 4.53. The molecule has 0 aromatic rings. The Kier molecular flexibility index (Phi) is 2.86. The Labute approximate surface area is 98.9 Å². The number of alkyl halides is 1. The largest absolute Gasteiger partial charge is 0.339 e. The number of likely N-dealkylation sites (tertiary alicyclic amines) is 1. The molecule has 2 rings (SSSR count). The van der Waals surface area contributed by atoms with Crippen LogP contribution in [0.1, 0.15) is 25.7 Å². The van der Waals surface area contributed by atoms with E-state index in [1.807, 2.05) is 4.90 Å². The number of carbonyl (C=O) groups is 1. The SMILES string of the molecule is C=CC(=O)N1CCC2(CC1)CC(I)C2. The van der Waals surface area contributed by atoms with Gasteiger partial charge >= 0.3 is 0 Å². The van der Waals surface area contributed by atoms with E-state index in [0.29, 0.717) is 5.41 Å². The highest BCUT2D eigenvalue weighted by molar-refractivity contribution is 14.1. The van der Waals surface area contributed by atoms with Crippen LogP contribution in [-0.2, 0) is 4.79 Å². The number of piperidine rings is 1. The van der Waals surface area contributed by atoms with Crippen LogP contribution in [0.4, 0.5) is 0 Å². The summed E-state index contributed by atoms with van der Waals surface area (Å²) in [5.74, 6) is 0.102. The van der Waals surface area contributed by atoms with Gasteiger partial charge < -0.3 is 4.90 Å². The van der Waals surface area contributed by atoms with Crippen molar-refractivity contribution < 1.29 is 4.79 Å². The minimum absolute atomic E-state index is 0.102. The first-order valence-corrected chi connectivity index (χ1v) is 6.45. The van der Waals surface area contributed by atoms with Crippen LogP contribution in [0.3, 0.4) is 0 Å². The highest BCUT2D eigenvalue weighted by Crippen LogP contribution is 2.52. The standard InChI is InChI=1S/C11H16INO/c1-2-10(14)13-5-3-11(4-6-13)7-9(12)8-11/h2,9H,1,3-8H2. The van der Waals surface area contributed by atoms with E-state index in [1.54, 1.807) is 0 Å². The van der Waals surface area contributed by atoms with Crippen LogP contribution in [0.5, 0.6) is 0 Å². The third-order valence-corrected chi connectivity index (χ3v) is 4.50. The van der Waals surface area contributed by atoms with Crippen molar-refractivity contribution in [2.45, 2.75) is 29.6 Å². The first-order chi connectivity index (χ1) is 6.65. The quantitative estimate of drug-likeness (QED) is 0.414. The molecule has 3 heteroatoms. The average molecular weight is 305 g/mol. The van der Waals surface area contributed by atoms with Crippen LogP contribution in [-0.4, -0.2) is 27.8 Å². The number of carbonyl (C=O) groups excluding carboxylic acids is 1. The van der Waals surface area contributed by atoms with Crippen molar-refractivity contribution in [1.29, 1.82) is 0 Å². The molecule has 0 unspecified atom stereocenters. The van der Waals surface area contributed by atoms with Crippen LogP contribution >= 0.6 is 22.6 Å². The summed E-state index contributed by atoms with van der Waals surface area (Å²) in [6, 6.07) is 0. The Hall–Kier alpha value is -0.0600. The Morgan fingerprint density at radius 2 is 2.00 bits per heavy atom. The molecule has 0 N–H and O–H groups in total. The topological polar surface area (TPSA) is 20.3 Å². The lowest BCUT2D eigenvalue weighted by atomic mass is 9.63. The predicted octanol–water partition coefficient (Wildman–Crippen LogP) is 2.38. The fourth-order valence-corrected chi connectivity index (χ4v) is 4.49. The lowest BCUT2D eigenvalue weighted by Gasteiger charge is -2.50. The molecule has 1 saturated carbocycles. The first-order valence-electron chi connectivity index (χ1n) is 5.21. The van der Waals surface area contributed by atoms with Crippen LogP contribution in [0.2, 0.25) is 0 Å². The predicted molar refractivity (Wildman–Crippen MR) is 65.5 cm³/mol. The van der Waals surface area contributed by atoms with Gasteiger partial charge in [-0.25, -0.2) is 0 Å². The van der Waals surface area contributed by atoms with Crippen molar-refractivity contribution in [3.8, 4) is 0 Å². The van der Waals surface area contributed by atoms with Crippen LogP contribution in [0, 0.1) is 5.41 Å². The normalized spacial score (nSPS) is 25.9. The van der Waals surface area contributed by atoms with E-state index in [1.165, 1.54) is 31.8 Å². The van der Waals surface area contributed by atoms with Gasteiger partial charge in [0.05, 0.1) is 0 Å². The Bertz CT molecular complexity index is 248. The number of rotatable bonds is 1. The Morgan fingerprint density at radius 1 is 1.43 bits per heavy atom. The van der Waals surface area contributed by atoms with E-state index < -0.39 is 0 Å². The van der Waals surface area contributed by atoms with E-state index in [0.717, 1.165) is 17.0 Å². The third-order valence-electron chi connectivity index (χ3n) is 3.62. The molecule has 1 saturated heterocycles. The highest BCUT2D eigenvalue weighted by atomic mass is 127. The fraction of sp³-hybridized carbons (Fsp3) is 0.727. The van der Waals surface area contributed by atoms with E-state index in [4.69, 9.17) is 0 Å². The Balaban J connectivity index is 1.86. The average Bonchev–Trinajstić information content (AvgIpc) is 2.16. The number of nitrogens with zero attached hydrogens (tertiary/aromatic N) is 1. The van der Waals surface area contributed by atoms with Crippen LogP contribution in [0.15, 0.2) is 12.7 Å². The lowest BCUT2D eigenvalue weighted by molar-refractivity contribution is -0.129.